The molecule has 4 aliphatic heterocycles. The quantitative estimate of drug-likeness (QED) is 0.616. The Bertz CT molecular complexity index is 1340. The molecule has 2 saturated heterocycles. The van der Waals surface area contributed by atoms with E-state index in [0.29, 0.717) is 18.1 Å². The van der Waals surface area contributed by atoms with E-state index in [1.807, 2.05) is 36.4 Å². The zero-order valence-corrected chi connectivity index (χ0v) is 20.5. The first kappa shape index (κ1) is 22.8. The number of ether oxygens (including phenoxy) is 1. The van der Waals surface area contributed by atoms with Gasteiger partial charge in [0.05, 0.1) is 31.0 Å². The molecule has 36 heavy (non-hydrogen) atoms. The number of piperazine rings is 1. The molecule has 0 spiro atoms. The first-order chi connectivity index (χ1) is 17.5. The Kier molecular flexibility index (Phi) is 5.75. The number of azo groups is 2. The molecule has 1 aromatic carbocycles. The van der Waals surface area contributed by atoms with Crippen LogP contribution in [0.1, 0.15) is 18.4 Å². The number of halogens is 1. The maximum Gasteiger partial charge on any atom is 0.305 e. The number of fused-ring (bicyclic) bond motifs is 2. The summed E-state index contributed by atoms with van der Waals surface area (Å²) in [6.07, 6.45) is 9.06. The van der Waals surface area contributed by atoms with Gasteiger partial charge in [-0.15, -0.1) is 0 Å². The minimum Gasteiger partial charge on any atom is -0.494 e. The number of aromatic nitrogens is 1. The topological polar surface area (TPSA) is 76.6 Å². The Balaban J connectivity index is 1.16. The molecule has 5 heterocycles. The average molecular weight is 491 g/mol. The molecule has 1 atom stereocenters. The summed E-state index contributed by atoms with van der Waals surface area (Å²) in [5.41, 5.74) is 3.41. The van der Waals surface area contributed by atoms with Gasteiger partial charge >= 0.3 is 6.17 Å². The number of rotatable bonds is 4. The van der Waals surface area contributed by atoms with Crippen LogP contribution in [0.5, 0.6) is 5.75 Å². The number of carbonyl (C=O) groups is 1. The van der Waals surface area contributed by atoms with E-state index in [1.165, 1.54) is 13.2 Å². The average Bonchev–Trinajstić information content (AvgIpc) is 3.31. The van der Waals surface area contributed by atoms with Gasteiger partial charge in [-0.25, -0.2) is 9.38 Å². The fourth-order valence-electron chi connectivity index (χ4n) is 5.52. The van der Waals surface area contributed by atoms with Gasteiger partial charge in [0.2, 0.25) is 12.1 Å². The van der Waals surface area contributed by atoms with Gasteiger partial charge in [-0.1, -0.05) is 4.70 Å². The third-order valence-electron chi connectivity index (χ3n) is 7.52. The molecular formula is C26H29FN7O2+. The lowest BCUT2D eigenvalue weighted by molar-refractivity contribution is -0.543. The second-order valence-corrected chi connectivity index (χ2v) is 9.69. The lowest BCUT2D eigenvalue weighted by atomic mass is 9.99. The van der Waals surface area contributed by atoms with E-state index in [9.17, 15) is 9.18 Å². The number of carbonyl (C=O) groups excluding carboxylic acids is 1. The fourth-order valence-corrected chi connectivity index (χ4v) is 5.52. The van der Waals surface area contributed by atoms with Crippen LogP contribution in [0.25, 0.3) is 16.5 Å². The zero-order valence-electron chi connectivity index (χ0n) is 20.5. The number of hydrogen-bond donors (Lipinski definition) is 0. The number of amides is 1. The molecule has 1 aromatic heterocycles. The summed E-state index contributed by atoms with van der Waals surface area (Å²) in [7, 11) is 3.45. The minimum absolute atomic E-state index is 0.181. The molecule has 1 unspecified atom stereocenters. The normalized spacial score (nSPS) is 23.0. The summed E-state index contributed by atoms with van der Waals surface area (Å²) in [6.45, 7) is 4.02. The van der Waals surface area contributed by atoms with Crippen molar-refractivity contribution in [1.29, 1.82) is 0 Å². The number of hydrogen-bond acceptors (Lipinski definition) is 7. The van der Waals surface area contributed by atoms with E-state index in [4.69, 9.17) is 9.73 Å². The summed E-state index contributed by atoms with van der Waals surface area (Å²) >= 11 is 0. The van der Waals surface area contributed by atoms with Crippen LogP contribution >= 0.6 is 0 Å². The van der Waals surface area contributed by atoms with Gasteiger partial charge in [0.25, 0.3) is 0 Å². The number of likely N-dealkylation sites (N-methyl/N-ethyl adjacent to an activating group) is 1. The molecule has 186 valence electrons. The molecule has 6 rings (SSSR count). The summed E-state index contributed by atoms with van der Waals surface area (Å²) in [5.74, 6) is -0.0208. The summed E-state index contributed by atoms with van der Waals surface area (Å²) in [4.78, 5) is 28.1. The molecule has 9 nitrogen and oxygen atoms in total. The highest BCUT2D eigenvalue weighted by Crippen LogP contribution is 2.35. The van der Waals surface area contributed by atoms with Crippen molar-refractivity contribution in [2.45, 2.75) is 25.0 Å². The Morgan fingerprint density at radius 1 is 1.17 bits per heavy atom. The number of nitrogens with zero attached hydrogens (tertiary/aromatic N) is 7. The van der Waals surface area contributed by atoms with E-state index < -0.39 is 5.82 Å². The van der Waals surface area contributed by atoms with Gasteiger partial charge in [-0.05, 0) is 42.7 Å². The highest BCUT2D eigenvalue weighted by Gasteiger charge is 2.37. The molecule has 0 aliphatic carbocycles. The lowest BCUT2D eigenvalue weighted by Crippen LogP contribution is -2.55. The highest BCUT2D eigenvalue weighted by molar-refractivity contribution is 5.94. The Morgan fingerprint density at radius 2 is 2.00 bits per heavy atom. The van der Waals surface area contributed by atoms with Crippen molar-refractivity contribution in [1.82, 2.24) is 19.7 Å². The van der Waals surface area contributed by atoms with Gasteiger partial charge in [0.1, 0.15) is 11.9 Å². The van der Waals surface area contributed by atoms with Crippen LogP contribution in [0.15, 0.2) is 52.6 Å². The predicted molar refractivity (Wildman–Crippen MR) is 133 cm³/mol. The third-order valence-corrected chi connectivity index (χ3v) is 7.52. The predicted octanol–water partition coefficient (Wildman–Crippen LogP) is 2.69. The van der Waals surface area contributed by atoms with Crippen LogP contribution in [0.2, 0.25) is 0 Å². The number of aliphatic imine (C=N–C) groups is 1. The monoisotopic (exact) mass is 490 g/mol. The SMILES string of the molecule is COc1cc2c(C3=CN=[N+]4C=C(N5CCC(N6CCN(C)CC6=O)CC5)C=NC34)ccnc2cc1F. The number of piperidine rings is 1. The molecule has 0 bridgehead atoms. The molecule has 0 saturated carbocycles. The van der Waals surface area contributed by atoms with Crippen molar-refractivity contribution >= 4 is 28.6 Å². The van der Waals surface area contributed by atoms with E-state index in [0.717, 1.165) is 61.2 Å². The number of benzene rings is 1. The minimum atomic E-state index is -0.439. The van der Waals surface area contributed by atoms with E-state index in [1.54, 1.807) is 12.3 Å². The largest absolute Gasteiger partial charge is 0.494 e. The van der Waals surface area contributed by atoms with Crippen LogP contribution in [-0.2, 0) is 4.79 Å². The molecule has 4 aliphatic rings. The van der Waals surface area contributed by atoms with Crippen LogP contribution in [0, 0.1) is 5.82 Å². The smallest absolute Gasteiger partial charge is 0.305 e. The molecule has 2 fully saturated rings. The molecule has 1 amide bonds. The maximum atomic E-state index is 14.2. The highest BCUT2D eigenvalue weighted by atomic mass is 19.1. The Labute approximate surface area is 208 Å². The number of methoxy groups -OCH3 is 1. The Morgan fingerprint density at radius 3 is 2.78 bits per heavy atom. The maximum absolute atomic E-state index is 14.2. The Hall–Kier alpha value is -3.66. The molecule has 0 N–H and O–H groups in total. The molecule has 10 heteroatoms. The van der Waals surface area contributed by atoms with Crippen molar-refractivity contribution in [3.05, 3.63) is 53.9 Å². The van der Waals surface area contributed by atoms with Gasteiger partial charge < -0.3 is 14.5 Å². The first-order valence-corrected chi connectivity index (χ1v) is 12.3. The first-order valence-electron chi connectivity index (χ1n) is 12.3. The van der Waals surface area contributed by atoms with Crippen molar-refractivity contribution in [2.75, 3.05) is 46.9 Å². The standard InChI is InChI=1S/C26H29FN7O2/c1-31-9-10-33(25(35)16-31)17-4-7-32(8-5-17)18-13-29-26-21(14-30-34(26)15-18)19-3-6-28-23-12-22(27)24(36-2)11-20(19)23/h3,6,11-15,17,26H,4-5,7-10,16H2,1-2H3/q+1. The van der Waals surface area contributed by atoms with Gasteiger partial charge in [0.15, 0.2) is 11.6 Å². The summed E-state index contributed by atoms with van der Waals surface area (Å²) < 4.78 is 21.3. The lowest BCUT2D eigenvalue weighted by Gasteiger charge is -2.42. The van der Waals surface area contributed by atoms with Gasteiger partial charge in [-0.2, -0.15) is 0 Å². The van der Waals surface area contributed by atoms with Crippen LogP contribution < -0.4 is 4.74 Å². The zero-order chi connectivity index (χ0) is 24.8. The summed E-state index contributed by atoms with van der Waals surface area (Å²) in [5, 5.41) is 5.40. The van der Waals surface area contributed by atoms with Crippen LogP contribution in [0.3, 0.4) is 0 Å². The fraction of sp³-hybridized carbons (Fsp3) is 0.423. The number of pyridine rings is 1. The van der Waals surface area contributed by atoms with E-state index >= 15 is 0 Å². The number of allylic oxidation sites excluding steroid dienone is 1. The number of likely N-dealkylation sites (tertiary alicyclic amines) is 1. The molecular weight excluding hydrogens is 461 g/mol. The van der Waals surface area contributed by atoms with Crippen LogP contribution in [0.4, 0.5) is 4.39 Å². The van der Waals surface area contributed by atoms with Crippen molar-refractivity contribution in [3.8, 4) is 5.75 Å². The third kappa shape index (κ3) is 3.95. The van der Waals surface area contributed by atoms with Crippen molar-refractivity contribution in [2.24, 2.45) is 10.1 Å². The molecule has 0 radical (unpaired) electrons. The van der Waals surface area contributed by atoms with Gasteiger partial charge in [-0.3, -0.25) is 14.7 Å². The second-order valence-electron chi connectivity index (χ2n) is 9.69. The van der Waals surface area contributed by atoms with Gasteiger partial charge in [0, 0.05) is 49.9 Å². The van der Waals surface area contributed by atoms with E-state index in [-0.39, 0.29) is 17.8 Å². The van der Waals surface area contributed by atoms with E-state index in [2.05, 4.69) is 24.8 Å². The second kappa shape index (κ2) is 9.09. The van der Waals surface area contributed by atoms with Crippen molar-refractivity contribution < 1.29 is 18.6 Å². The van der Waals surface area contributed by atoms with Crippen molar-refractivity contribution in [3.63, 3.8) is 0 Å². The summed E-state index contributed by atoms with van der Waals surface area (Å²) in [6, 6.07) is 5.29. The van der Waals surface area contributed by atoms with Crippen LogP contribution in [-0.4, -0.2) is 95.6 Å². The molecule has 2 aromatic rings.